The molecule has 8 nitrogen and oxygen atoms in total. The van der Waals surface area contributed by atoms with Crippen molar-refractivity contribution in [3.63, 3.8) is 0 Å². The van der Waals surface area contributed by atoms with Gasteiger partial charge in [-0.2, -0.15) is 16.4 Å². The molecular formula is C20H23N5O3S. The maximum Gasteiger partial charge on any atom is 0.276 e. The van der Waals surface area contributed by atoms with Crippen LogP contribution in [0.2, 0.25) is 0 Å². The minimum absolute atomic E-state index is 0.288. The van der Waals surface area contributed by atoms with E-state index >= 15 is 0 Å². The van der Waals surface area contributed by atoms with Crippen molar-refractivity contribution in [1.82, 2.24) is 15.1 Å². The molecule has 0 atom stereocenters. The quantitative estimate of drug-likeness (QED) is 0.491. The Kier molecular flexibility index (Phi) is 6.63. The summed E-state index contributed by atoms with van der Waals surface area (Å²) in [4.78, 5) is 25.1. The number of anilines is 1. The molecule has 2 aromatic heterocycles. The molecule has 3 rings (SSSR count). The summed E-state index contributed by atoms with van der Waals surface area (Å²) in [6.45, 7) is 0.958. The van der Waals surface area contributed by atoms with Crippen LogP contribution in [-0.4, -0.2) is 41.8 Å². The zero-order chi connectivity index (χ0) is 20.8. The number of hydrogen-bond acceptors (Lipinski definition) is 6. The van der Waals surface area contributed by atoms with E-state index in [0.29, 0.717) is 42.2 Å². The van der Waals surface area contributed by atoms with Crippen LogP contribution in [0.4, 0.5) is 5.69 Å². The first kappa shape index (κ1) is 20.6. The third kappa shape index (κ3) is 4.82. The highest BCUT2D eigenvalue weighted by atomic mass is 32.1. The molecule has 152 valence electrons. The highest BCUT2D eigenvalue weighted by Gasteiger charge is 2.17. The molecule has 2 amide bonds. The number of hydrogen-bond donors (Lipinski definition) is 3. The first-order chi connectivity index (χ1) is 14.0. The van der Waals surface area contributed by atoms with Gasteiger partial charge in [0.05, 0.1) is 18.4 Å². The van der Waals surface area contributed by atoms with E-state index in [1.165, 1.54) is 7.11 Å². The second kappa shape index (κ2) is 9.35. The van der Waals surface area contributed by atoms with E-state index in [2.05, 4.69) is 15.7 Å². The van der Waals surface area contributed by atoms with Crippen molar-refractivity contribution in [3.8, 4) is 17.0 Å². The molecule has 9 heteroatoms. The van der Waals surface area contributed by atoms with Crippen LogP contribution in [0, 0.1) is 0 Å². The molecule has 0 bridgehead atoms. The number of carbonyl (C=O) groups is 2. The molecule has 3 aromatic rings. The number of carbonyl (C=O) groups excluding carboxylic acids is 2. The maximum atomic E-state index is 12.7. The first-order valence-corrected chi connectivity index (χ1v) is 10.0. The summed E-state index contributed by atoms with van der Waals surface area (Å²) >= 11 is 1.58. The second-order valence-corrected chi connectivity index (χ2v) is 7.10. The molecule has 0 aliphatic heterocycles. The molecule has 1 aromatic carbocycles. The molecule has 0 radical (unpaired) electrons. The number of ether oxygens (including phenoxy) is 1. The third-order valence-corrected chi connectivity index (χ3v) is 4.98. The molecule has 0 saturated carbocycles. The van der Waals surface area contributed by atoms with Crippen LogP contribution in [0.3, 0.4) is 0 Å². The fourth-order valence-corrected chi connectivity index (χ4v) is 3.47. The predicted octanol–water partition coefficient (Wildman–Crippen LogP) is 2.49. The zero-order valence-corrected chi connectivity index (χ0v) is 17.1. The van der Waals surface area contributed by atoms with Gasteiger partial charge < -0.3 is 21.1 Å². The van der Waals surface area contributed by atoms with Crippen molar-refractivity contribution < 1.29 is 14.3 Å². The van der Waals surface area contributed by atoms with Crippen LogP contribution in [0.1, 0.15) is 27.3 Å². The Bertz CT molecular complexity index is 998. The largest absolute Gasteiger partial charge is 0.496 e. The lowest BCUT2D eigenvalue weighted by molar-refractivity contribution is 0.0949. The lowest BCUT2D eigenvalue weighted by Gasteiger charge is -2.11. The molecule has 29 heavy (non-hydrogen) atoms. The summed E-state index contributed by atoms with van der Waals surface area (Å²) in [6.07, 6.45) is 0.677. The normalized spacial score (nSPS) is 10.6. The number of thiophene rings is 1. The Hall–Kier alpha value is -3.17. The summed E-state index contributed by atoms with van der Waals surface area (Å²) in [5.74, 6) is -0.225. The Morgan fingerprint density at radius 2 is 2.07 bits per heavy atom. The highest BCUT2D eigenvalue weighted by molar-refractivity contribution is 7.08. The summed E-state index contributed by atoms with van der Waals surface area (Å²) in [5, 5.41) is 13.8. The van der Waals surface area contributed by atoms with Gasteiger partial charge in [-0.05, 0) is 48.7 Å². The summed E-state index contributed by atoms with van der Waals surface area (Å²) in [6, 6.07) is 8.61. The number of nitrogens with one attached hydrogen (secondary N) is 2. The Morgan fingerprint density at radius 1 is 1.24 bits per heavy atom. The molecule has 0 spiro atoms. The van der Waals surface area contributed by atoms with Gasteiger partial charge in [-0.1, -0.05) is 0 Å². The molecule has 0 aliphatic carbocycles. The molecule has 4 N–H and O–H groups in total. The van der Waals surface area contributed by atoms with Crippen LogP contribution < -0.4 is 21.1 Å². The van der Waals surface area contributed by atoms with E-state index in [1.54, 1.807) is 47.3 Å². The van der Waals surface area contributed by atoms with Crippen molar-refractivity contribution in [2.24, 2.45) is 12.8 Å². The molecule has 0 fully saturated rings. The van der Waals surface area contributed by atoms with Gasteiger partial charge in [-0.25, -0.2) is 0 Å². The van der Waals surface area contributed by atoms with Crippen LogP contribution in [0.25, 0.3) is 11.3 Å². The van der Waals surface area contributed by atoms with E-state index in [9.17, 15) is 9.59 Å². The summed E-state index contributed by atoms with van der Waals surface area (Å²) in [5.41, 5.74) is 8.41. The fraction of sp³-hybridized carbons (Fsp3) is 0.250. The van der Waals surface area contributed by atoms with Crippen molar-refractivity contribution >= 4 is 28.8 Å². The molecule has 0 saturated heterocycles. The summed E-state index contributed by atoms with van der Waals surface area (Å²) in [7, 11) is 3.28. The number of nitrogens with two attached hydrogens (primary N) is 1. The lowest BCUT2D eigenvalue weighted by atomic mass is 10.1. The van der Waals surface area contributed by atoms with Crippen molar-refractivity contribution in [1.29, 1.82) is 0 Å². The third-order valence-electron chi connectivity index (χ3n) is 4.30. The van der Waals surface area contributed by atoms with Crippen molar-refractivity contribution in [3.05, 3.63) is 52.3 Å². The Balaban J connectivity index is 1.77. The molecule has 2 heterocycles. The maximum absolute atomic E-state index is 12.7. The average Bonchev–Trinajstić information content (AvgIpc) is 3.37. The van der Waals surface area contributed by atoms with Crippen LogP contribution in [0.5, 0.6) is 5.75 Å². The van der Waals surface area contributed by atoms with Gasteiger partial charge in [0, 0.05) is 30.2 Å². The van der Waals surface area contributed by atoms with E-state index in [0.717, 1.165) is 11.3 Å². The number of aromatic nitrogens is 2. The molecule has 0 unspecified atom stereocenters. The SMILES string of the molecule is COc1ccc(NC(=O)c2cc(-c3ccsc3)n(C)n2)cc1C(=O)NCCCN. The van der Waals surface area contributed by atoms with E-state index < -0.39 is 0 Å². The summed E-state index contributed by atoms with van der Waals surface area (Å²) < 4.78 is 6.93. The molecule has 0 aliphatic rings. The van der Waals surface area contributed by atoms with Crippen molar-refractivity contribution in [2.75, 3.05) is 25.5 Å². The van der Waals surface area contributed by atoms with Crippen LogP contribution >= 0.6 is 11.3 Å². The average molecular weight is 414 g/mol. The zero-order valence-electron chi connectivity index (χ0n) is 16.3. The fourth-order valence-electron chi connectivity index (χ4n) is 2.82. The number of amides is 2. The minimum Gasteiger partial charge on any atom is -0.496 e. The van der Waals surface area contributed by atoms with Crippen LogP contribution in [0.15, 0.2) is 41.1 Å². The topological polar surface area (TPSA) is 111 Å². The first-order valence-electron chi connectivity index (χ1n) is 9.07. The van der Waals surface area contributed by atoms with Gasteiger partial charge in [0.15, 0.2) is 5.69 Å². The Morgan fingerprint density at radius 3 is 2.76 bits per heavy atom. The van der Waals surface area contributed by atoms with Gasteiger partial charge in [0.25, 0.3) is 11.8 Å². The van der Waals surface area contributed by atoms with Gasteiger partial charge in [-0.15, -0.1) is 0 Å². The standard InChI is InChI=1S/C20H23N5O3S/c1-25-17(13-6-9-29-12-13)11-16(24-25)20(27)23-14-4-5-18(28-2)15(10-14)19(26)22-8-3-7-21/h4-6,9-12H,3,7-8,21H2,1-2H3,(H,22,26)(H,23,27). The van der Waals surface area contributed by atoms with Gasteiger partial charge in [-0.3, -0.25) is 14.3 Å². The Labute approximate surface area is 172 Å². The van der Waals surface area contributed by atoms with Crippen molar-refractivity contribution in [2.45, 2.75) is 6.42 Å². The molecular weight excluding hydrogens is 390 g/mol. The van der Waals surface area contributed by atoms with Gasteiger partial charge in [0.1, 0.15) is 5.75 Å². The monoisotopic (exact) mass is 413 g/mol. The number of aryl methyl sites for hydroxylation is 1. The predicted molar refractivity (Wildman–Crippen MR) is 113 cm³/mol. The number of rotatable bonds is 8. The van der Waals surface area contributed by atoms with Gasteiger partial charge >= 0.3 is 0 Å². The minimum atomic E-state index is -0.360. The second-order valence-electron chi connectivity index (χ2n) is 6.32. The number of benzene rings is 1. The number of methoxy groups -OCH3 is 1. The highest BCUT2D eigenvalue weighted by Crippen LogP contribution is 2.25. The van der Waals surface area contributed by atoms with E-state index in [-0.39, 0.29) is 11.8 Å². The number of nitrogens with zero attached hydrogens (tertiary/aromatic N) is 2. The van der Waals surface area contributed by atoms with E-state index in [4.69, 9.17) is 10.5 Å². The smallest absolute Gasteiger partial charge is 0.276 e. The van der Waals surface area contributed by atoms with Gasteiger partial charge in [0.2, 0.25) is 0 Å². The van der Waals surface area contributed by atoms with Crippen LogP contribution in [-0.2, 0) is 7.05 Å². The van der Waals surface area contributed by atoms with E-state index in [1.807, 2.05) is 16.8 Å². The lowest BCUT2D eigenvalue weighted by Crippen LogP contribution is -2.26.